The minimum Gasteiger partial charge on any atom is -0.395 e. The Morgan fingerprint density at radius 2 is 1.61 bits per heavy atom. The van der Waals surface area contributed by atoms with Crippen LogP contribution in [0.4, 0.5) is 0 Å². The zero-order chi connectivity index (χ0) is 18.0. The SMILES string of the molecule is CC.CC(C)C(=O)CCCC(=O)NCCO.CCCC(C)C.[HH].[W]. The average Bonchev–Trinajstić information content (AvgIpc) is 2.47. The number of carbonyl (C=O) groups excluding carboxylic acids is 2. The third-order valence-corrected chi connectivity index (χ3v) is 2.77. The molecule has 0 aliphatic rings. The van der Waals surface area contributed by atoms with Crippen molar-refractivity contribution in [1.82, 2.24) is 5.32 Å². The molecule has 0 rings (SSSR count). The first-order valence-electron chi connectivity index (χ1n) is 8.75. The molecule has 0 aromatic carbocycles. The van der Waals surface area contributed by atoms with Crippen molar-refractivity contribution < 1.29 is 37.2 Å². The molecule has 0 spiro atoms. The van der Waals surface area contributed by atoms with E-state index in [4.69, 9.17) is 5.11 Å². The number of aliphatic hydroxyl groups excluding tert-OH is 1. The van der Waals surface area contributed by atoms with E-state index in [1.54, 1.807) is 0 Å². The molecule has 0 aromatic heterocycles. The van der Waals surface area contributed by atoms with Crippen LogP contribution in [-0.4, -0.2) is 29.9 Å². The summed E-state index contributed by atoms with van der Waals surface area (Å²) < 4.78 is 0. The standard InChI is InChI=1S/C10H19NO3.C6H14.C2H6.W.H2/c1-8(2)9(13)4-3-5-10(14)11-6-7-12;1-4-5-6(2)3;1-2;;/h8,12H,3-7H2,1-2H3,(H,11,14);6H,4-5H2,1-3H3;1-2H3;;1H. The zero-order valence-electron chi connectivity index (χ0n) is 16.3. The van der Waals surface area contributed by atoms with Gasteiger partial charge in [0.1, 0.15) is 5.78 Å². The molecule has 0 radical (unpaired) electrons. The predicted octanol–water partition coefficient (Wildman–Crippen LogP) is 4.20. The molecule has 5 heteroatoms. The molecule has 2 N–H and O–H groups in total. The number of amides is 1. The van der Waals surface area contributed by atoms with Gasteiger partial charge >= 0.3 is 0 Å². The third kappa shape index (κ3) is 30.3. The van der Waals surface area contributed by atoms with E-state index in [0.29, 0.717) is 19.3 Å². The van der Waals surface area contributed by atoms with Gasteiger partial charge in [-0.25, -0.2) is 0 Å². The van der Waals surface area contributed by atoms with E-state index in [-0.39, 0.29) is 53.3 Å². The van der Waals surface area contributed by atoms with Crippen molar-refractivity contribution in [2.45, 2.75) is 80.6 Å². The van der Waals surface area contributed by atoms with Crippen molar-refractivity contribution in [2.75, 3.05) is 13.2 Å². The third-order valence-electron chi connectivity index (χ3n) is 2.77. The van der Waals surface area contributed by atoms with Gasteiger partial charge in [-0.1, -0.05) is 61.3 Å². The van der Waals surface area contributed by atoms with E-state index in [9.17, 15) is 9.59 Å². The molecule has 0 saturated carbocycles. The molecule has 4 nitrogen and oxygen atoms in total. The first-order chi connectivity index (χ1) is 10.3. The molecule has 0 aromatic rings. The molecule has 0 bridgehead atoms. The summed E-state index contributed by atoms with van der Waals surface area (Å²) in [6.07, 6.45) is 4.12. The largest absolute Gasteiger partial charge is 0.395 e. The molecule has 0 fully saturated rings. The molecular formula is C18H41NO3W. The summed E-state index contributed by atoms with van der Waals surface area (Å²) >= 11 is 0. The smallest absolute Gasteiger partial charge is 0.220 e. The van der Waals surface area contributed by atoms with E-state index >= 15 is 0 Å². The minimum atomic E-state index is -0.101. The Labute approximate surface area is 159 Å². The van der Waals surface area contributed by atoms with Gasteiger partial charge in [0.2, 0.25) is 5.91 Å². The molecule has 1 amide bonds. The first-order valence-corrected chi connectivity index (χ1v) is 8.75. The van der Waals surface area contributed by atoms with Gasteiger partial charge in [-0.05, 0) is 12.3 Å². The van der Waals surface area contributed by atoms with Crippen LogP contribution in [0, 0.1) is 11.8 Å². The summed E-state index contributed by atoms with van der Waals surface area (Å²) in [5.74, 6) is 1.04. The second-order valence-electron chi connectivity index (χ2n) is 5.73. The van der Waals surface area contributed by atoms with E-state index in [0.717, 1.165) is 5.92 Å². The van der Waals surface area contributed by atoms with Crippen molar-refractivity contribution in [3.63, 3.8) is 0 Å². The monoisotopic (exact) mass is 503 g/mol. The van der Waals surface area contributed by atoms with Gasteiger partial charge in [0, 0.05) is 47.8 Å². The summed E-state index contributed by atoms with van der Waals surface area (Å²) in [6, 6.07) is 0. The number of Topliss-reactive ketones (excluding diaryl/α,β-unsaturated/α-hetero) is 1. The summed E-state index contributed by atoms with van der Waals surface area (Å²) in [5.41, 5.74) is 0. The maximum absolute atomic E-state index is 11.2. The number of hydrogen-bond acceptors (Lipinski definition) is 3. The molecule has 0 aliphatic carbocycles. The van der Waals surface area contributed by atoms with Crippen molar-refractivity contribution >= 4 is 11.7 Å². The van der Waals surface area contributed by atoms with Crippen molar-refractivity contribution in [3.8, 4) is 0 Å². The molecule has 142 valence electrons. The first kappa shape index (κ1) is 30.6. The van der Waals surface area contributed by atoms with Gasteiger partial charge in [-0.2, -0.15) is 0 Å². The Kier molecular flexibility index (Phi) is 32.0. The van der Waals surface area contributed by atoms with Crippen LogP contribution in [0.1, 0.15) is 82.0 Å². The summed E-state index contributed by atoms with van der Waals surface area (Å²) in [6.45, 7) is 14.7. The van der Waals surface area contributed by atoms with Crippen LogP contribution >= 0.6 is 0 Å². The average molecular weight is 503 g/mol. The van der Waals surface area contributed by atoms with Crippen LogP contribution in [0.3, 0.4) is 0 Å². The molecule has 0 unspecified atom stereocenters. The molecule has 0 atom stereocenters. The summed E-state index contributed by atoms with van der Waals surface area (Å²) in [5, 5.41) is 11.0. The Balaban J connectivity index is -0.000000103. The molecule has 0 heterocycles. The van der Waals surface area contributed by atoms with Crippen molar-refractivity contribution in [2.24, 2.45) is 11.8 Å². The van der Waals surface area contributed by atoms with Crippen LogP contribution in [0.15, 0.2) is 0 Å². The topological polar surface area (TPSA) is 66.4 Å². The van der Waals surface area contributed by atoms with E-state index < -0.39 is 0 Å². The minimum absolute atomic E-state index is 0. The Morgan fingerprint density at radius 1 is 1.09 bits per heavy atom. The number of rotatable bonds is 9. The molecular weight excluding hydrogens is 462 g/mol. The normalized spacial score (nSPS) is 9.13. The van der Waals surface area contributed by atoms with Crippen molar-refractivity contribution in [3.05, 3.63) is 0 Å². The Morgan fingerprint density at radius 3 is 1.91 bits per heavy atom. The van der Waals surface area contributed by atoms with Crippen LogP contribution in [-0.2, 0) is 30.7 Å². The number of nitrogens with one attached hydrogen (secondary N) is 1. The van der Waals surface area contributed by atoms with E-state index in [1.165, 1.54) is 12.8 Å². The van der Waals surface area contributed by atoms with Crippen LogP contribution in [0.2, 0.25) is 0 Å². The number of ketones is 1. The van der Waals surface area contributed by atoms with E-state index in [2.05, 4.69) is 26.1 Å². The second-order valence-corrected chi connectivity index (χ2v) is 5.73. The fourth-order valence-electron chi connectivity index (χ4n) is 1.57. The van der Waals surface area contributed by atoms with Crippen LogP contribution in [0.5, 0.6) is 0 Å². The fraction of sp³-hybridized carbons (Fsp3) is 0.889. The zero-order valence-corrected chi connectivity index (χ0v) is 19.2. The van der Waals surface area contributed by atoms with E-state index in [1.807, 2.05) is 27.7 Å². The Bertz CT molecular complexity index is 263. The maximum Gasteiger partial charge on any atom is 0.220 e. The van der Waals surface area contributed by atoms with Gasteiger partial charge in [0.15, 0.2) is 0 Å². The molecule has 23 heavy (non-hydrogen) atoms. The maximum atomic E-state index is 11.2. The van der Waals surface area contributed by atoms with Gasteiger partial charge in [0.05, 0.1) is 6.61 Å². The van der Waals surface area contributed by atoms with Crippen LogP contribution < -0.4 is 5.32 Å². The number of aliphatic hydroxyl groups is 1. The summed E-state index contributed by atoms with van der Waals surface area (Å²) in [7, 11) is 0. The van der Waals surface area contributed by atoms with Gasteiger partial charge in [0.25, 0.3) is 0 Å². The molecule has 0 aliphatic heterocycles. The summed E-state index contributed by atoms with van der Waals surface area (Å²) in [4.78, 5) is 22.2. The second kappa shape index (κ2) is 24.0. The molecule has 0 saturated heterocycles. The predicted molar refractivity (Wildman–Crippen MR) is 97.0 cm³/mol. The van der Waals surface area contributed by atoms with Gasteiger partial charge in [-0.3, -0.25) is 9.59 Å². The number of carbonyl (C=O) groups is 2. The van der Waals surface area contributed by atoms with Gasteiger partial charge < -0.3 is 10.4 Å². The van der Waals surface area contributed by atoms with Gasteiger partial charge in [-0.15, -0.1) is 0 Å². The quantitative estimate of drug-likeness (QED) is 0.496. The fourth-order valence-corrected chi connectivity index (χ4v) is 1.57. The van der Waals surface area contributed by atoms with Crippen LogP contribution in [0.25, 0.3) is 0 Å². The number of hydrogen-bond donors (Lipinski definition) is 2. The van der Waals surface area contributed by atoms with Crippen molar-refractivity contribution in [1.29, 1.82) is 0 Å². The Hall–Kier alpha value is -0.212.